The van der Waals surface area contributed by atoms with Crippen LogP contribution in [0.25, 0.3) is 22.3 Å². The molecule has 2 N–H and O–H groups in total. The van der Waals surface area contributed by atoms with Crippen LogP contribution in [0.4, 0.5) is 13.2 Å². The fourth-order valence-corrected chi connectivity index (χ4v) is 4.37. The van der Waals surface area contributed by atoms with Gasteiger partial charge in [0.1, 0.15) is 0 Å². The Morgan fingerprint density at radius 2 is 1.94 bits per heavy atom. The van der Waals surface area contributed by atoms with Gasteiger partial charge in [-0.15, -0.1) is 10.2 Å². The Bertz CT molecular complexity index is 1280. The molecule has 0 fully saturated rings. The van der Waals surface area contributed by atoms with Crippen LogP contribution in [0.3, 0.4) is 0 Å². The molecule has 0 radical (unpaired) electrons. The molecule has 7 nitrogen and oxygen atoms in total. The Morgan fingerprint density at radius 3 is 2.69 bits per heavy atom. The molecule has 32 heavy (non-hydrogen) atoms. The summed E-state index contributed by atoms with van der Waals surface area (Å²) in [6.45, 7) is 2.31. The number of hydrogen-bond acceptors (Lipinski definition) is 5. The zero-order valence-corrected chi connectivity index (χ0v) is 17.1. The van der Waals surface area contributed by atoms with E-state index < -0.39 is 11.8 Å². The van der Waals surface area contributed by atoms with E-state index in [0.717, 1.165) is 6.42 Å². The molecule has 0 unspecified atom stereocenters. The van der Waals surface area contributed by atoms with Crippen LogP contribution < -0.4 is 0 Å². The minimum absolute atomic E-state index is 0.147. The molecule has 0 saturated heterocycles. The number of aliphatic hydroxyl groups is 1. The number of alkyl halides is 3. The van der Waals surface area contributed by atoms with Crippen LogP contribution in [0.15, 0.2) is 48.8 Å². The SMILES string of the molecule is Cc1cc(-c2cnn(CCCc3nn[nH]n3)c2)c2c(c1)[C@@](O)(C(F)(F)F)c1ccccc1-2. The van der Waals surface area contributed by atoms with E-state index in [1.165, 1.54) is 18.2 Å². The molecule has 0 spiro atoms. The highest BCUT2D eigenvalue weighted by molar-refractivity contribution is 5.92. The molecule has 1 aliphatic carbocycles. The fraction of sp³-hybridized carbons (Fsp3) is 0.273. The number of aromatic amines is 1. The minimum Gasteiger partial charge on any atom is -0.372 e. The summed E-state index contributed by atoms with van der Waals surface area (Å²) in [7, 11) is 0. The number of aryl methyl sites for hydroxylation is 3. The molecule has 0 amide bonds. The normalized spacial score (nSPS) is 17.4. The first kappa shape index (κ1) is 20.4. The number of hydrogen-bond donors (Lipinski definition) is 2. The van der Waals surface area contributed by atoms with Crippen molar-refractivity contribution in [1.82, 2.24) is 30.4 Å². The van der Waals surface area contributed by atoms with Crippen LogP contribution in [-0.4, -0.2) is 41.7 Å². The molecule has 2 aromatic heterocycles. The lowest BCUT2D eigenvalue weighted by Gasteiger charge is -2.28. The van der Waals surface area contributed by atoms with E-state index in [1.54, 1.807) is 36.1 Å². The van der Waals surface area contributed by atoms with E-state index in [4.69, 9.17) is 0 Å². The molecule has 5 rings (SSSR count). The topological polar surface area (TPSA) is 92.5 Å². The van der Waals surface area contributed by atoms with Crippen LogP contribution >= 0.6 is 0 Å². The summed E-state index contributed by atoms with van der Waals surface area (Å²) in [5.74, 6) is 0.608. The number of tetrazole rings is 1. The van der Waals surface area contributed by atoms with Crippen molar-refractivity contribution in [2.24, 2.45) is 0 Å². The second-order valence-corrected chi connectivity index (χ2v) is 7.91. The van der Waals surface area contributed by atoms with Crippen molar-refractivity contribution in [2.45, 2.75) is 38.1 Å². The standard InChI is InChI=1S/C22H19F3N6O/c1-13-9-16(14-11-26-31(12-14)8-4-7-19-27-29-30-28-19)20-15-5-2-3-6-17(15)21(32,18(20)10-13)22(23,24)25/h2-3,5-6,9-12,32H,4,7-8H2,1H3,(H,27,28,29,30)/t21-/m1/s1. The number of H-pyrrole nitrogens is 1. The smallest absolute Gasteiger partial charge is 0.372 e. The third kappa shape index (κ3) is 3.10. The number of nitrogens with zero attached hydrogens (tertiary/aromatic N) is 5. The van der Waals surface area contributed by atoms with Crippen LogP contribution in [0.5, 0.6) is 0 Å². The number of halogens is 3. The summed E-state index contributed by atoms with van der Waals surface area (Å²) in [5, 5.41) is 29.1. The molecular formula is C22H19F3N6O. The van der Waals surface area contributed by atoms with Crippen molar-refractivity contribution in [3.8, 4) is 22.3 Å². The van der Waals surface area contributed by atoms with Crippen LogP contribution in [0.1, 0.15) is 28.9 Å². The highest BCUT2D eigenvalue weighted by atomic mass is 19.4. The van der Waals surface area contributed by atoms with Crippen LogP contribution in [-0.2, 0) is 18.6 Å². The maximum atomic E-state index is 14.1. The van der Waals surface area contributed by atoms with Crippen molar-refractivity contribution in [3.63, 3.8) is 0 Å². The van der Waals surface area contributed by atoms with E-state index in [-0.39, 0.29) is 11.1 Å². The number of nitrogens with one attached hydrogen (secondary N) is 1. The van der Waals surface area contributed by atoms with Gasteiger partial charge in [0.05, 0.1) is 6.20 Å². The monoisotopic (exact) mass is 440 g/mol. The largest absolute Gasteiger partial charge is 0.425 e. The Kier molecular flexibility index (Phi) is 4.63. The van der Waals surface area contributed by atoms with E-state index in [9.17, 15) is 18.3 Å². The van der Waals surface area contributed by atoms with Crippen LogP contribution in [0.2, 0.25) is 0 Å². The van der Waals surface area contributed by atoms with Crippen molar-refractivity contribution in [1.29, 1.82) is 0 Å². The van der Waals surface area contributed by atoms with Crippen LogP contribution in [0, 0.1) is 6.92 Å². The second kappa shape index (κ2) is 7.27. The zero-order chi connectivity index (χ0) is 22.5. The van der Waals surface area contributed by atoms with Gasteiger partial charge in [-0.25, -0.2) is 0 Å². The fourth-order valence-electron chi connectivity index (χ4n) is 4.37. The molecule has 1 aliphatic rings. The number of rotatable bonds is 5. The van der Waals surface area contributed by atoms with Crippen molar-refractivity contribution in [3.05, 3.63) is 71.3 Å². The maximum absolute atomic E-state index is 14.1. The van der Waals surface area contributed by atoms with E-state index in [2.05, 4.69) is 25.7 Å². The number of benzene rings is 2. The Balaban J connectivity index is 1.56. The van der Waals surface area contributed by atoms with Gasteiger partial charge in [0.15, 0.2) is 5.82 Å². The lowest BCUT2D eigenvalue weighted by molar-refractivity contribution is -0.246. The Morgan fingerprint density at radius 1 is 1.12 bits per heavy atom. The average molecular weight is 440 g/mol. The second-order valence-electron chi connectivity index (χ2n) is 7.91. The highest BCUT2D eigenvalue weighted by Gasteiger charge is 2.61. The first-order chi connectivity index (χ1) is 15.3. The first-order valence-corrected chi connectivity index (χ1v) is 10.1. The van der Waals surface area contributed by atoms with Crippen molar-refractivity contribution in [2.75, 3.05) is 0 Å². The minimum atomic E-state index is -4.86. The van der Waals surface area contributed by atoms with Gasteiger partial charge in [0.25, 0.3) is 0 Å². The molecule has 1 atom stereocenters. The molecule has 0 saturated carbocycles. The van der Waals surface area contributed by atoms with Gasteiger partial charge < -0.3 is 5.11 Å². The predicted octanol–water partition coefficient (Wildman–Crippen LogP) is 3.78. The Hall–Kier alpha value is -3.53. The summed E-state index contributed by atoms with van der Waals surface area (Å²) in [4.78, 5) is 0. The molecule has 0 bridgehead atoms. The molecule has 2 aromatic carbocycles. The van der Waals surface area contributed by atoms with Gasteiger partial charge in [0, 0.05) is 35.9 Å². The number of fused-ring (bicyclic) bond motifs is 3. The zero-order valence-electron chi connectivity index (χ0n) is 17.1. The van der Waals surface area contributed by atoms with Gasteiger partial charge in [-0.2, -0.15) is 23.5 Å². The number of aromatic nitrogens is 6. The quantitative estimate of drug-likeness (QED) is 0.493. The molecular weight excluding hydrogens is 421 g/mol. The highest BCUT2D eigenvalue weighted by Crippen LogP contribution is 2.57. The summed E-state index contributed by atoms with van der Waals surface area (Å²) in [6, 6.07) is 9.39. The third-order valence-corrected chi connectivity index (χ3v) is 5.79. The summed E-state index contributed by atoms with van der Waals surface area (Å²) in [6.07, 6.45) is -0.0741. The molecule has 4 aromatic rings. The first-order valence-electron chi connectivity index (χ1n) is 10.1. The lowest BCUT2D eigenvalue weighted by Crippen LogP contribution is -2.41. The van der Waals surface area contributed by atoms with E-state index in [0.29, 0.717) is 46.6 Å². The maximum Gasteiger partial charge on any atom is 0.425 e. The molecule has 2 heterocycles. The third-order valence-electron chi connectivity index (χ3n) is 5.79. The van der Waals surface area contributed by atoms with Gasteiger partial charge in [0.2, 0.25) is 5.60 Å². The average Bonchev–Trinajstić information content (AvgIpc) is 3.48. The van der Waals surface area contributed by atoms with E-state index in [1.807, 2.05) is 6.07 Å². The molecule has 0 aliphatic heterocycles. The summed E-state index contributed by atoms with van der Waals surface area (Å²) >= 11 is 0. The van der Waals surface area contributed by atoms with Gasteiger partial charge >= 0.3 is 6.18 Å². The van der Waals surface area contributed by atoms with Gasteiger partial charge in [-0.3, -0.25) is 4.68 Å². The van der Waals surface area contributed by atoms with Crippen molar-refractivity contribution >= 4 is 0 Å². The predicted molar refractivity (Wildman–Crippen MR) is 109 cm³/mol. The summed E-state index contributed by atoms with van der Waals surface area (Å²) in [5.41, 5.74) is -0.672. The Labute approximate surface area is 180 Å². The van der Waals surface area contributed by atoms with Gasteiger partial charge in [-0.1, -0.05) is 47.2 Å². The van der Waals surface area contributed by atoms with Gasteiger partial charge in [-0.05, 0) is 30.0 Å². The van der Waals surface area contributed by atoms with Crippen molar-refractivity contribution < 1.29 is 18.3 Å². The molecule has 10 heteroatoms. The summed E-state index contributed by atoms with van der Waals surface area (Å²) < 4.78 is 44.2. The molecule has 164 valence electrons. The van der Waals surface area contributed by atoms with E-state index >= 15 is 0 Å². The lowest BCUT2D eigenvalue weighted by atomic mass is 9.88.